The van der Waals surface area contributed by atoms with Gasteiger partial charge in [-0.05, 0) is 70.6 Å². The van der Waals surface area contributed by atoms with Crippen molar-refractivity contribution < 1.29 is 14.0 Å². The zero-order chi connectivity index (χ0) is 20.1. The Bertz CT molecular complexity index is 845. The minimum atomic E-state index is -0.401. The van der Waals surface area contributed by atoms with E-state index in [9.17, 15) is 14.0 Å². The molecule has 0 radical (unpaired) electrons. The molecule has 0 bridgehead atoms. The number of nitrogens with one attached hydrogen (secondary N) is 2. The Morgan fingerprint density at radius 1 is 1.18 bits per heavy atom. The van der Waals surface area contributed by atoms with Gasteiger partial charge in [-0.1, -0.05) is 0 Å². The van der Waals surface area contributed by atoms with Gasteiger partial charge in [0.1, 0.15) is 11.5 Å². The van der Waals surface area contributed by atoms with Crippen LogP contribution in [0.15, 0.2) is 24.3 Å². The molecular weight excluding hydrogens is 361 g/mol. The van der Waals surface area contributed by atoms with E-state index in [4.69, 9.17) is 0 Å². The fraction of sp³-hybridized carbons (Fsp3) is 0.450. The Balaban J connectivity index is 1.75. The van der Waals surface area contributed by atoms with Crippen LogP contribution in [0, 0.1) is 5.82 Å². The number of imidazole rings is 1. The van der Waals surface area contributed by atoms with Gasteiger partial charge in [0.25, 0.3) is 11.8 Å². The first kappa shape index (κ1) is 20.0. The third-order valence-corrected chi connectivity index (χ3v) is 4.71. The summed E-state index contributed by atoms with van der Waals surface area (Å²) in [7, 11) is 3.97. The first-order valence-electron chi connectivity index (χ1n) is 9.55. The van der Waals surface area contributed by atoms with Gasteiger partial charge in [0.05, 0.1) is 5.69 Å². The zero-order valence-electron chi connectivity index (χ0n) is 16.3. The van der Waals surface area contributed by atoms with Crippen LogP contribution in [0.2, 0.25) is 0 Å². The van der Waals surface area contributed by atoms with Crippen LogP contribution in [0.4, 0.5) is 10.1 Å². The first-order chi connectivity index (χ1) is 13.5. The molecule has 0 atom stereocenters. The summed E-state index contributed by atoms with van der Waals surface area (Å²) in [5.41, 5.74) is 1.61. The van der Waals surface area contributed by atoms with Crippen LogP contribution in [0.1, 0.15) is 46.1 Å². The second-order valence-corrected chi connectivity index (χ2v) is 7.21. The van der Waals surface area contributed by atoms with Gasteiger partial charge in [0.2, 0.25) is 0 Å². The van der Waals surface area contributed by atoms with Crippen LogP contribution >= 0.6 is 0 Å². The molecule has 2 heterocycles. The smallest absolute Gasteiger partial charge is 0.291 e. The lowest BCUT2D eigenvalue weighted by Gasteiger charge is -2.17. The summed E-state index contributed by atoms with van der Waals surface area (Å²) in [4.78, 5) is 31.8. The van der Waals surface area contributed by atoms with Gasteiger partial charge in [0.15, 0.2) is 5.82 Å². The summed E-state index contributed by atoms with van der Waals surface area (Å²) in [5, 5.41) is 5.62. The van der Waals surface area contributed by atoms with E-state index in [2.05, 4.69) is 20.5 Å². The molecule has 0 unspecified atom stereocenters. The maximum Gasteiger partial charge on any atom is 0.291 e. The molecule has 2 N–H and O–H groups in total. The zero-order valence-corrected chi connectivity index (χ0v) is 16.3. The summed E-state index contributed by atoms with van der Waals surface area (Å²) in [6, 6.07) is 5.55. The number of anilines is 1. The number of carbonyl (C=O) groups excluding carboxylic acids is 2. The number of hydrogen-bond donors (Lipinski definition) is 2. The van der Waals surface area contributed by atoms with Gasteiger partial charge in [-0.15, -0.1) is 0 Å². The molecule has 2 aromatic rings. The van der Waals surface area contributed by atoms with Gasteiger partial charge in [0, 0.05) is 18.8 Å². The van der Waals surface area contributed by atoms with Crippen molar-refractivity contribution in [2.75, 3.05) is 32.5 Å². The third-order valence-electron chi connectivity index (χ3n) is 4.71. The van der Waals surface area contributed by atoms with Gasteiger partial charge in [-0.2, -0.15) is 0 Å². The number of carbonyl (C=O) groups is 2. The number of halogens is 1. The average Bonchev–Trinajstić information content (AvgIpc) is 3.07. The van der Waals surface area contributed by atoms with E-state index >= 15 is 0 Å². The second-order valence-electron chi connectivity index (χ2n) is 7.21. The normalized spacial score (nSPS) is 13.3. The number of hydrogen-bond acceptors (Lipinski definition) is 4. The number of fused-ring (bicyclic) bond motifs is 1. The highest BCUT2D eigenvalue weighted by Crippen LogP contribution is 2.22. The van der Waals surface area contributed by atoms with Crippen molar-refractivity contribution in [2.45, 2.75) is 32.2 Å². The molecule has 1 aliphatic rings. The molecule has 28 heavy (non-hydrogen) atoms. The number of benzene rings is 1. The molecule has 0 saturated carbocycles. The molecule has 1 aromatic carbocycles. The van der Waals surface area contributed by atoms with Gasteiger partial charge >= 0.3 is 0 Å². The van der Waals surface area contributed by atoms with Crippen molar-refractivity contribution in [1.29, 1.82) is 0 Å². The summed E-state index contributed by atoms with van der Waals surface area (Å²) >= 11 is 0. The highest BCUT2D eigenvalue weighted by molar-refractivity contribution is 6.03. The topological polar surface area (TPSA) is 79.3 Å². The molecule has 1 aromatic heterocycles. The Morgan fingerprint density at radius 3 is 2.64 bits per heavy atom. The van der Waals surface area contributed by atoms with Crippen molar-refractivity contribution in [1.82, 2.24) is 19.8 Å². The number of aromatic nitrogens is 2. The Hall–Kier alpha value is -2.74. The molecule has 2 amide bonds. The Kier molecular flexibility index (Phi) is 6.41. The quantitative estimate of drug-likeness (QED) is 0.715. The molecule has 3 rings (SSSR count). The van der Waals surface area contributed by atoms with Crippen molar-refractivity contribution >= 4 is 17.5 Å². The minimum Gasteiger partial charge on any atom is -0.351 e. The molecule has 8 heteroatoms. The molecular formula is C20H26FN5O2. The Labute approximate surface area is 163 Å². The fourth-order valence-electron chi connectivity index (χ4n) is 3.30. The predicted octanol–water partition coefficient (Wildman–Crippen LogP) is 2.29. The highest BCUT2D eigenvalue weighted by Gasteiger charge is 2.27. The SMILES string of the molecule is CN(C)CCCNC(=O)c1nc(C(=O)Nc2ccc(F)cc2)n2c1CCCC2. The van der Waals surface area contributed by atoms with Gasteiger partial charge in [-0.3, -0.25) is 9.59 Å². The van der Waals surface area contributed by atoms with Gasteiger partial charge in [-0.25, -0.2) is 9.37 Å². The lowest BCUT2D eigenvalue weighted by atomic mass is 10.1. The van der Waals surface area contributed by atoms with Gasteiger partial charge < -0.3 is 20.1 Å². The number of nitrogens with zero attached hydrogens (tertiary/aromatic N) is 3. The molecule has 0 spiro atoms. The molecule has 7 nitrogen and oxygen atoms in total. The lowest BCUT2D eigenvalue weighted by molar-refractivity contribution is 0.0946. The second kappa shape index (κ2) is 8.97. The number of rotatable bonds is 7. The van der Waals surface area contributed by atoms with Crippen LogP contribution in [-0.2, 0) is 13.0 Å². The third kappa shape index (κ3) is 4.75. The first-order valence-corrected chi connectivity index (χ1v) is 9.55. The molecule has 0 aliphatic carbocycles. The van der Waals surface area contributed by atoms with Crippen molar-refractivity contribution in [2.24, 2.45) is 0 Å². The summed E-state index contributed by atoms with van der Waals surface area (Å²) in [5.74, 6) is -0.798. The summed E-state index contributed by atoms with van der Waals surface area (Å²) < 4.78 is 14.9. The highest BCUT2D eigenvalue weighted by atomic mass is 19.1. The monoisotopic (exact) mass is 387 g/mol. The van der Waals surface area contributed by atoms with E-state index in [1.165, 1.54) is 24.3 Å². The summed E-state index contributed by atoms with van der Waals surface area (Å²) in [6.07, 6.45) is 3.46. The maximum atomic E-state index is 13.1. The molecule has 0 fully saturated rings. The van der Waals surface area contributed by atoms with Crippen LogP contribution in [0.3, 0.4) is 0 Å². The van der Waals surface area contributed by atoms with Crippen LogP contribution < -0.4 is 10.6 Å². The minimum absolute atomic E-state index is 0.220. The lowest BCUT2D eigenvalue weighted by Crippen LogP contribution is -2.28. The standard InChI is InChI=1S/C20H26FN5O2/c1-25(2)12-5-11-22-19(27)17-16-6-3-4-13-26(16)18(24-17)20(28)23-15-9-7-14(21)8-10-15/h7-10H,3-6,11-13H2,1-2H3,(H,22,27)(H,23,28). The van der Waals surface area contributed by atoms with E-state index < -0.39 is 5.91 Å². The number of amides is 2. The van der Waals surface area contributed by atoms with Crippen LogP contribution in [0.25, 0.3) is 0 Å². The predicted molar refractivity (Wildman–Crippen MR) is 105 cm³/mol. The molecule has 1 aliphatic heterocycles. The van der Waals surface area contributed by atoms with Crippen LogP contribution in [0.5, 0.6) is 0 Å². The van der Waals surface area contributed by atoms with E-state index in [1.807, 2.05) is 18.7 Å². The molecule has 150 valence electrons. The van der Waals surface area contributed by atoms with Crippen molar-refractivity contribution in [3.8, 4) is 0 Å². The summed E-state index contributed by atoms with van der Waals surface area (Å²) in [6.45, 7) is 2.09. The Morgan fingerprint density at radius 2 is 1.93 bits per heavy atom. The van der Waals surface area contributed by atoms with E-state index in [-0.39, 0.29) is 17.5 Å². The van der Waals surface area contributed by atoms with E-state index in [0.29, 0.717) is 24.5 Å². The van der Waals surface area contributed by atoms with E-state index in [1.54, 1.807) is 0 Å². The average molecular weight is 387 g/mol. The van der Waals surface area contributed by atoms with Crippen molar-refractivity contribution in [3.05, 3.63) is 47.3 Å². The largest absolute Gasteiger partial charge is 0.351 e. The molecule has 0 saturated heterocycles. The maximum absolute atomic E-state index is 13.1. The van der Waals surface area contributed by atoms with E-state index in [0.717, 1.165) is 37.9 Å². The fourth-order valence-corrected chi connectivity index (χ4v) is 3.30. The van der Waals surface area contributed by atoms with Crippen LogP contribution in [-0.4, -0.2) is 53.5 Å². The van der Waals surface area contributed by atoms with Crippen molar-refractivity contribution in [3.63, 3.8) is 0 Å².